The summed E-state index contributed by atoms with van der Waals surface area (Å²) in [6.45, 7) is 0. The molecule has 0 fully saturated rings. The zero-order valence-electron chi connectivity index (χ0n) is 11.3. The first-order chi connectivity index (χ1) is 9.84. The number of pyridine rings is 1. The maximum absolute atomic E-state index is 6.23. The quantitative estimate of drug-likeness (QED) is 0.731. The Kier molecular flexibility index (Phi) is 2.60. The monoisotopic (exact) mass is 263 g/mol. The Labute approximate surface area is 118 Å². The van der Waals surface area contributed by atoms with Crippen molar-refractivity contribution in [3.63, 3.8) is 0 Å². The molecule has 0 amide bonds. The van der Waals surface area contributed by atoms with Gasteiger partial charge in [-0.15, -0.1) is 0 Å². The fraction of sp³-hybridized carbons (Fsp3) is 0.235. The SMILES string of the molecule is NC1CCCc2c1ccn2-c1cccc2cnccc12. The third-order valence-corrected chi connectivity index (χ3v) is 4.27. The molecule has 20 heavy (non-hydrogen) atoms. The highest BCUT2D eigenvalue weighted by molar-refractivity contribution is 5.89. The highest BCUT2D eigenvalue weighted by atomic mass is 15.0. The van der Waals surface area contributed by atoms with Gasteiger partial charge < -0.3 is 10.3 Å². The van der Waals surface area contributed by atoms with Crippen molar-refractivity contribution in [2.45, 2.75) is 25.3 Å². The fourth-order valence-electron chi connectivity index (χ4n) is 3.27. The molecular formula is C17H17N3. The second kappa shape index (κ2) is 4.46. The van der Waals surface area contributed by atoms with Crippen LogP contribution in [-0.2, 0) is 6.42 Å². The molecule has 1 aromatic carbocycles. The van der Waals surface area contributed by atoms with Gasteiger partial charge in [0, 0.05) is 41.1 Å². The number of hydrogen-bond acceptors (Lipinski definition) is 2. The summed E-state index contributed by atoms with van der Waals surface area (Å²) < 4.78 is 2.30. The van der Waals surface area contributed by atoms with E-state index in [-0.39, 0.29) is 6.04 Å². The van der Waals surface area contributed by atoms with Gasteiger partial charge in [-0.2, -0.15) is 0 Å². The molecule has 2 N–H and O–H groups in total. The highest BCUT2D eigenvalue weighted by Gasteiger charge is 2.21. The maximum Gasteiger partial charge on any atom is 0.0531 e. The third-order valence-electron chi connectivity index (χ3n) is 4.27. The molecule has 2 heterocycles. The van der Waals surface area contributed by atoms with Crippen molar-refractivity contribution in [3.8, 4) is 5.69 Å². The van der Waals surface area contributed by atoms with Gasteiger partial charge in [0.05, 0.1) is 5.69 Å². The van der Waals surface area contributed by atoms with Crippen LogP contribution in [0.3, 0.4) is 0 Å². The first kappa shape index (κ1) is 11.7. The van der Waals surface area contributed by atoms with Gasteiger partial charge in [0.2, 0.25) is 0 Å². The summed E-state index contributed by atoms with van der Waals surface area (Å²) in [6.07, 6.45) is 9.30. The smallest absolute Gasteiger partial charge is 0.0531 e. The van der Waals surface area contributed by atoms with Gasteiger partial charge in [0.15, 0.2) is 0 Å². The van der Waals surface area contributed by atoms with E-state index in [9.17, 15) is 0 Å². The van der Waals surface area contributed by atoms with Gasteiger partial charge in [-0.25, -0.2) is 0 Å². The second-order valence-electron chi connectivity index (χ2n) is 5.46. The van der Waals surface area contributed by atoms with E-state index in [0.717, 1.165) is 12.8 Å². The van der Waals surface area contributed by atoms with Crippen molar-refractivity contribution in [2.75, 3.05) is 0 Å². The van der Waals surface area contributed by atoms with Crippen LogP contribution in [0.15, 0.2) is 48.9 Å². The van der Waals surface area contributed by atoms with Crippen molar-refractivity contribution in [1.29, 1.82) is 0 Å². The van der Waals surface area contributed by atoms with Gasteiger partial charge in [0.25, 0.3) is 0 Å². The fourth-order valence-corrected chi connectivity index (χ4v) is 3.27. The van der Waals surface area contributed by atoms with Crippen LogP contribution in [0.2, 0.25) is 0 Å². The molecule has 0 saturated carbocycles. The van der Waals surface area contributed by atoms with E-state index in [0.29, 0.717) is 0 Å². The number of nitrogens with zero attached hydrogens (tertiary/aromatic N) is 2. The molecule has 1 aliphatic carbocycles. The van der Waals surface area contributed by atoms with Crippen LogP contribution in [0.4, 0.5) is 0 Å². The minimum absolute atomic E-state index is 0.191. The Hall–Kier alpha value is -2.13. The van der Waals surface area contributed by atoms with Gasteiger partial charge in [-0.1, -0.05) is 12.1 Å². The van der Waals surface area contributed by atoms with Crippen LogP contribution >= 0.6 is 0 Å². The molecule has 0 spiro atoms. The average Bonchev–Trinajstić information content (AvgIpc) is 2.92. The topological polar surface area (TPSA) is 43.8 Å². The lowest BCUT2D eigenvalue weighted by atomic mass is 9.93. The standard InChI is InChI=1S/C17H17N3/c18-15-4-2-6-17-14(15)8-10-20(17)16-5-1-3-12-11-19-9-7-13(12)16/h1,3,5,7-11,15H,2,4,6,18H2. The molecule has 0 aliphatic heterocycles. The Morgan fingerprint density at radius 3 is 3.10 bits per heavy atom. The van der Waals surface area contributed by atoms with Crippen LogP contribution in [0, 0.1) is 0 Å². The van der Waals surface area contributed by atoms with E-state index >= 15 is 0 Å². The van der Waals surface area contributed by atoms with Gasteiger partial charge >= 0.3 is 0 Å². The van der Waals surface area contributed by atoms with E-state index in [1.54, 1.807) is 0 Å². The summed E-state index contributed by atoms with van der Waals surface area (Å²) in [5, 5.41) is 2.41. The van der Waals surface area contributed by atoms with Crippen LogP contribution < -0.4 is 5.73 Å². The number of hydrogen-bond donors (Lipinski definition) is 1. The van der Waals surface area contributed by atoms with E-state index in [2.05, 4.69) is 46.1 Å². The van der Waals surface area contributed by atoms with Crippen molar-refractivity contribution in [3.05, 3.63) is 60.2 Å². The number of nitrogens with two attached hydrogens (primary N) is 1. The molecule has 100 valence electrons. The molecule has 2 aromatic heterocycles. The lowest BCUT2D eigenvalue weighted by molar-refractivity contribution is 0.560. The van der Waals surface area contributed by atoms with E-state index in [1.165, 1.54) is 34.1 Å². The van der Waals surface area contributed by atoms with Crippen LogP contribution in [0.5, 0.6) is 0 Å². The van der Waals surface area contributed by atoms with Crippen molar-refractivity contribution >= 4 is 10.8 Å². The molecule has 0 radical (unpaired) electrons. The molecule has 1 aliphatic rings. The Balaban J connectivity index is 1.96. The van der Waals surface area contributed by atoms with Gasteiger partial charge in [0.1, 0.15) is 0 Å². The maximum atomic E-state index is 6.23. The number of aromatic nitrogens is 2. The molecule has 4 rings (SSSR count). The number of benzene rings is 1. The van der Waals surface area contributed by atoms with Crippen LogP contribution in [0.1, 0.15) is 30.1 Å². The van der Waals surface area contributed by atoms with Crippen molar-refractivity contribution in [2.24, 2.45) is 5.73 Å². The second-order valence-corrected chi connectivity index (χ2v) is 5.46. The Bertz CT molecular complexity index is 768. The third kappa shape index (κ3) is 1.67. The number of rotatable bonds is 1. The summed E-state index contributed by atoms with van der Waals surface area (Å²) in [5.41, 5.74) is 10.1. The average molecular weight is 263 g/mol. The molecule has 0 saturated heterocycles. The predicted molar refractivity (Wildman–Crippen MR) is 80.9 cm³/mol. The summed E-state index contributed by atoms with van der Waals surface area (Å²) in [4.78, 5) is 4.21. The first-order valence-corrected chi connectivity index (χ1v) is 7.13. The van der Waals surface area contributed by atoms with Gasteiger partial charge in [-0.05, 0) is 43.0 Å². The summed E-state index contributed by atoms with van der Waals surface area (Å²) in [5.74, 6) is 0. The zero-order chi connectivity index (χ0) is 13.5. The van der Waals surface area contributed by atoms with Crippen molar-refractivity contribution < 1.29 is 0 Å². The van der Waals surface area contributed by atoms with E-state index < -0.39 is 0 Å². The summed E-state index contributed by atoms with van der Waals surface area (Å²) in [6, 6.07) is 10.8. The summed E-state index contributed by atoms with van der Waals surface area (Å²) >= 11 is 0. The zero-order valence-corrected chi connectivity index (χ0v) is 11.3. The molecule has 3 nitrogen and oxygen atoms in total. The van der Waals surface area contributed by atoms with E-state index in [4.69, 9.17) is 5.73 Å². The number of fused-ring (bicyclic) bond motifs is 2. The molecule has 3 aromatic rings. The molecule has 3 heteroatoms. The van der Waals surface area contributed by atoms with Crippen molar-refractivity contribution in [1.82, 2.24) is 9.55 Å². The predicted octanol–water partition coefficient (Wildman–Crippen LogP) is 3.36. The molecular weight excluding hydrogens is 246 g/mol. The Morgan fingerprint density at radius 1 is 1.20 bits per heavy atom. The van der Waals surface area contributed by atoms with E-state index in [1.807, 2.05) is 12.4 Å². The Morgan fingerprint density at radius 2 is 2.15 bits per heavy atom. The minimum Gasteiger partial charge on any atom is -0.324 e. The molecule has 0 bridgehead atoms. The first-order valence-electron chi connectivity index (χ1n) is 7.13. The van der Waals surface area contributed by atoms with Crippen LogP contribution in [-0.4, -0.2) is 9.55 Å². The lowest BCUT2D eigenvalue weighted by Crippen LogP contribution is -2.17. The largest absolute Gasteiger partial charge is 0.324 e. The normalized spacial score (nSPS) is 18.1. The minimum atomic E-state index is 0.191. The van der Waals surface area contributed by atoms with Crippen LogP contribution in [0.25, 0.3) is 16.5 Å². The summed E-state index contributed by atoms with van der Waals surface area (Å²) in [7, 11) is 0. The lowest BCUT2D eigenvalue weighted by Gasteiger charge is -2.21. The highest BCUT2D eigenvalue weighted by Crippen LogP contribution is 2.32. The molecule has 1 unspecified atom stereocenters. The van der Waals surface area contributed by atoms with Gasteiger partial charge in [-0.3, -0.25) is 4.98 Å². The molecule has 1 atom stereocenters.